The van der Waals surface area contributed by atoms with Crippen molar-refractivity contribution < 1.29 is 17.8 Å². The summed E-state index contributed by atoms with van der Waals surface area (Å²) in [6.45, 7) is 7.60. The Bertz CT molecular complexity index is 333. The molecule has 0 saturated carbocycles. The first-order valence-electron chi connectivity index (χ1n) is 4.06. The van der Waals surface area contributed by atoms with E-state index in [1.165, 1.54) is 6.92 Å². The van der Waals surface area contributed by atoms with E-state index >= 15 is 0 Å². The third-order valence-corrected chi connectivity index (χ3v) is 3.84. The van der Waals surface area contributed by atoms with Crippen LogP contribution in [0.3, 0.4) is 0 Å². The van der Waals surface area contributed by atoms with Crippen LogP contribution in [0.25, 0.3) is 0 Å². The Kier molecular flexibility index (Phi) is 3.84. The van der Waals surface area contributed by atoms with E-state index in [0.29, 0.717) is 0 Å². The van der Waals surface area contributed by atoms with Crippen molar-refractivity contribution in [2.24, 2.45) is 5.92 Å². The highest BCUT2D eigenvalue weighted by Crippen LogP contribution is 2.22. The molecule has 0 aliphatic carbocycles. The lowest BCUT2D eigenvalue weighted by Gasteiger charge is -2.30. The monoisotopic (exact) mass is 221 g/mol. The molecule has 82 valence electrons. The fourth-order valence-electron chi connectivity index (χ4n) is 0.802. The zero-order valence-electron chi connectivity index (χ0n) is 8.44. The third kappa shape index (κ3) is 2.55. The van der Waals surface area contributed by atoms with Gasteiger partial charge in [0, 0.05) is 0 Å². The molecule has 0 aliphatic heterocycles. The first-order valence-corrected chi connectivity index (χ1v) is 5.50. The van der Waals surface area contributed by atoms with Crippen molar-refractivity contribution in [3.05, 3.63) is 12.7 Å². The second-order valence-corrected chi connectivity index (χ2v) is 5.23. The fraction of sp³-hybridized carbons (Fsp3) is 0.625. The number of amides is 1. The average Bonchev–Trinajstić information content (AvgIpc) is 2.01. The lowest BCUT2D eigenvalue weighted by Crippen LogP contribution is -2.55. The minimum Gasteiger partial charge on any atom is -0.332 e. The van der Waals surface area contributed by atoms with Crippen molar-refractivity contribution in [2.75, 3.05) is 0 Å². The van der Waals surface area contributed by atoms with Crippen molar-refractivity contribution in [1.82, 2.24) is 5.32 Å². The van der Waals surface area contributed by atoms with Crippen molar-refractivity contribution in [1.29, 1.82) is 0 Å². The van der Waals surface area contributed by atoms with Crippen LogP contribution in [0.4, 0.5) is 0 Å². The van der Waals surface area contributed by atoms with Gasteiger partial charge in [0.2, 0.25) is 5.91 Å². The Hall–Kier alpha value is -0.880. The number of rotatable bonds is 4. The predicted molar refractivity (Wildman–Crippen MR) is 53.1 cm³/mol. The lowest BCUT2D eigenvalue weighted by molar-refractivity contribution is -0.117. The fourth-order valence-corrected chi connectivity index (χ4v) is 1.63. The molecule has 0 aromatic carbocycles. The molecule has 1 atom stereocenters. The van der Waals surface area contributed by atoms with Crippen molar-refractivity contribution in [3.8, 4) is 0 Å². The molecule has 0 heterocycles. The standard InChI is InChI=1S/C8H15NO4S/c1-5-7(10)9-8(4,6(2)3)14(11,12)13/h5-6H,1H2,2-4H3,(H,9,10)(H,11,12,13). The summed E-state index contributed by atoms with van der Waals surface area (Å²) in [6, 6.07) is 0. The SMILES string of the molecule is C=CC(=O)NC(C)(C(C)C)S(=O)(=O)O. The highest BCUT2D eigenvalue weighted by molar-refractivity contribution is 7.87. The molecule has 0 aliphatic rings. The summed E-state index contributed by atoms with van der Waals surface area (Å²) in [6.07, 6.45) is 0.950. The lowest BCUT2D eigenvalue weighted by atomic mass is 10.1. The predicted octanol–water partition coefficient (Wildman–Crippen LogP) is 0.549. The van der Waals surface area contributed by atoms with Crippen LogP contribution >= 0.6 is 0 Å². The number of nitrogens with one attached hydrogen (secondary N) is 1. The molecule has 2 N–H and O–H groups in total. The van der Waals surface area contributed by atoms with Crippen molar-refractivity contribution >= 4 is 16.0 Å². The molecule has 6 heteroatoms. The second-order valence-electron chi connectivity index (χ2n) is 3.43. The van der Waals surface area contributed by atoms with Crippen LogP contribution in [0.2, 0.25) is 0 Å². The van der Waals surface area contributed by atoms with Crippen molar-refractivity contribution in [2.45, 2.75) is 25.6 Å². The van der Waals surface area contributed by atoms with Gasteiger partial charge in [-0.3, -0.25) is 9.35 Å². The van der Waals surface area contributed by atoms with Gasteiger partial charge in [0.05, 0.1) is 0 Å². The van der Waals surface area contributed by atoms with E-state index in [-0.39, 0.29) is 0 Å². The molecule has 1 unspecified atom stereocenters. The number of carbonyl (C=O) groups excluding carboxylic acids is 1. The Morgan fingerprint density at radius 1 is 1.57 bits per heavy atom. The zero-order chi connectivity index (χ0) is 11.6. The van der Waals surface area contributed by atoms with E-state index in [2.05, 4.69) is 11.9 Å². The van der Waals surface area contributed by atoms with Gasteiger partial charge in [-0.15, -0.1) is 0 Å². The first kappa shape index (κ1) is 13.1. The van der Waals surface area contributed by atoms with Gasteiger partial charge in [-0.25, -0.2) is 0 Å². The van der Waals surface area contributed by atoms with Crippen LogP contribution in [0.1, 0.15) is 20.8 Å². The van der Waals surface area contributed by atoms with Gasteiger partial charge < -0.3 is 5.32 Å². The number of hydrogen-bond donors (Lipinski definition) is 2. The molecule has 0 aromatic rings. The molecular weight excluding hydrogens is 206 g/mol. The van der Waals surface area contributed by atoms with Gasteiger partial charge in [0.15, 0.2) is 4.87 Å². The summed E-state index contributed by atoms with van der Waals surface area (Å²) in [7, 11) is -4.35. The molecule has 0 fully saturated rings. The third-order valence-electron chi connectivity index (χ3n) is 2.19. The molecular formula is C8H15NO4S. The maximum atomic E-state index is 11.1. The number of hydrogen-bond acceptors (Lipinski definition) is 3. The van der Waals surface area contributed by atoms with Crippen LogP contribution in [0.15, 0.2) is 12.7 Å². The van der Waals surface area contributed by atoms with Crippen LogP contribution in [0.5, 0.6) is 0 Å². The number of carbonyl (C=O) groups is 1. The maximum absolute atomic E-state index is 11.1. The van der Waals surface area contributed by atoms with Crippen LogP contribution in [-0.4, -0.2) is 23.7 Å². The van der Waals surface area contributed by atoms with Gasteiger partial charge in [0.1, 0.15) is 0 Å². The minimum atomic E-state index is -4.35. The van der Waals surface area contributed by atoms with Gasteiger partial charge in [-0.05, 0) is 18.9 Å². The van der Waals surface area contributed by atoms with E-state index in [0.717, 1.165) is 6.08 Å². The molecule has 0 rings (SSSR count). The van der Waals surface area contributed by atoms with Crippen LogP contribution in [0, 0.1) is 5.92 Å². The Balaban J connectivity index is 5.13. The van der Waals surface area contributed by atoms with Crippen LogP contribution in [-0.2, 0) is 14.9 Å². The van der Waals surface area contributed by atoms with Gasteiger partial charge in [-0.1, -0.05) is 20.4 Å². The van der Waals surface area contributed by atoms with E-state index in [1.54, 1.807) is 13.8 Å². The quantitative estimate of drug-likeness (QED) is 0.536. The maximum Gasteiger partial charge on any atom is 0.289 e. The molecule has 5 nitrogen and oxygen atoms in total. The van der Waals surface area contributed by atoms with E-state index in [1.807, 2.05) is 0 Å². The Morgan fingerprint density at radius 3 is 2.21 bits per heavy atom. The summed E-state index contributed by atoms with van der Waals surface area (Å²) in [5.41, 5.74) is 0. The normalized spacial score (nSPS) is 16.1. The minimum absolute atomic E-state index is 0.457. The second kappa shape index (κ2) is 4.10. The molecule has 0 radical (unpaired) electrons. The van der Waals surface area contributed by atoms with Gasteiger partial charge in [0.25, 0.3) is 10.1 Å². The highest BCUT2D eigenvalue weighted by Gasteiger charge is 2.42. The Morgan fingerprint density at radius 2 is 2.00 bits per heavy atom. The van der Waals surface area contributed by atoms with E-state index in [9.17, 15) is 13.2 Å². The topological polar surface area (TPSA) is 83.5 Å². The summed E-state index contributed by atoms with van der Waals surface area (Å²) >= 11 is 0. The molecule has 14 heavy (non-hydrogen) atoms. The zero-order valence-corrected chi connectivity index (χ0v) is 9.26. The first-order chi connectivity index (χ1) is 6.15. The molecule has 0 saturated heterocycles. The summed E-state index contributed by atoms with van der Waals surface area (Å²) in [5, 5.41) is 2.19. The molecule has 0 spiro atoms. The largest absolute Gasteiger partial charge is 0.332 e. The van der Waals surface area contributed by atoms with Crippen LogP contribution < -0.4 is 5.32 Å². The van der Waals surface area contributed by atoms with Crippen molar-refractivity contribution in [3.63, 3.8) is 0 Å². The summed E-state index contributed by atoms with van der Waals surface area (Å²) in [4.78, 5) is 9.29. The molecule has 0 bridgehead atoms. The van der Waals surface area contributed by atoms with E-state index < -0.39 is 26.8 Å². The Labute approximate surface area is 83.9 Å². The van der Waals surface area contributed by atoms with Gasteiger partial charge in [-0.2, -0.15) is 8.42 Å². The summed E-state index contributed by atoms with van der Waals surface area (Å²) < 4.78 is 31.1. The van der Waals surface area contributed by atoms with E-state index in [4.69, 9.17) is 4.55 Å². The molecule has 0 aromatic heterocycles. The summed E-state index contributed by atoms with van der Waals surface area (Å²) in [5.74, 6) is -1.10. The smallest absolute Gasteiger partial charge is 0.289 e. The highest BCUT2D eigenvalue weighted by atomic mass is 32.2. The average molecular weight is 221 g/mol. The molecule has 1 amide bonds. The van der Waals surface area contributed by atoms with Gasteiger partial charge >= 0.3 is 0 Å².